The maximum Gasteiger partial charge on any atom is 0.0603 e. The summed E-state index contributed by atoms with van der Waals surface area (Å²) < 4.78 is 0. The van der Waals surface area contributed by atoms with Crippen molar-refractivity contribution in [3.63, 3.8) is 0 Å². The Labute approximate surface area is 154 Å². The molecule has 0 aliphatic heterocycles. The minimum atomic E-state index is 0.448. The van der Waals surface area contributed by atoms with Gasteiger partial charge in [0.25, 0.3) is 0 Å². The highest BCUT2D eigenvalue weighted by molar-refractivity contribution is 5.85. The number of hydrogen-bond donors (Lipinski definition) is 1. The van der Waals surface area contributed by atoms with E-state index in [0.717, 1.165) is 23.7 Å². The molecule has 0 heterocycles. The Hall–Kier alpha value is -0.570. The monoisotopic (exact) mass is 346 g/mol. The molecule has 3 heteroatoms. The molecule has 0 saturated heterocycles. The van der Waals surface area contributed by atoms with Gasteiger partial charge in [0, 0.05) is 13.0 Å². The van der Waals surface area contributed by atoms with Crippen LogP contribution in [0.4, 0.5) is 0 Å². The second-order valence-corrected chi connectivity index (χ2v) is 10.1. The highest BCUT2D eigenvalue weighted by atomic mass is 16.8. The van der Waals surface area contributed by atoms with Gasteiger partial charge in [0.15, 0.2) is 0 Å². The van der Waals surface area contributed by atoms with Crippen LogP contribution in [0.15, 0.2) is 5.16 Å². The van der Waals surface area contributed by atoms with Crippen LogP contribution >= 0.6 is 0 Å². The molecule has 0 bridgehead atoms. The summed E-state index contributed by atoms with van der Waals surface area (Å²) in [6.45, 7) is 7.44. The van der Waals surface area contributed by atoms with Crippen LogP contribution in [0.2, 0.25) is 0 Å². The number of hydrogen-bond acceptors (Lipinski definition) is 3. The topological polar surface area (TPSA) is 33.6 Å². The van der Waals surface area contributed by atoms with E-state index in [1.165, 1.54) is 69.9 Å². The molecule has 25 heavy (non-hydrogen) atoms. The van der Waals surface area contributed by atoms with Gasteiger partial charge in [0.1, 0.15) is 0 Å². The van der Waals surface area contributed by atoms with E-state index in [4.69, 9.17) is 4.94 Å². The zero-order valence-corrected chi connectivity index (χ0v) is 16.8. The average Bonchev–Trinajstić information content (AvgIpc) is 2.96. The van der Waals surface area contributed by atoms with Crippen LogP contribution in [-0.2, 0) is 4.94 Å². The van der Waals surface area contributed by atoms with Crippen molar-refractivity contribution in [1.29, 1.82) is 0 Å². The van der Waals surface area contributed by atoms with E-state index in [0.29, 0.717) is 16.7 Å². The molecule has 7 atom stereocenters. The van der Waals surface area contributed by atoms with Crippen molar-refractivity contribution in [2.75, 3.05) is 7.05 Å². The van der Waals surface area contributed by atoms with Crippen molar-refractivity contribution in [3.05, 3.63) is 0 Å². The van der Waals surface area contributed by atoms with Crippen LogP contribution in [0.1, 0.15) is 85.0 Å². The van der Waals surface area contributed by atoms with Gasteiger partial charge in [0.05, 0.1) is 5.71 Å². The van der Waals surface area contributed by atoms with Gasteiger partial charge in [0.2, 0.25) is 0 Å². The third kappa shape index (κ3) is 2.67. The zero-order chi connectivity index (χ0) is 17.7. The summed E-state index contributed by atoms with van der Waals surface area (Å²) in [5, 5.41) is 4.35. The molecule has 7 unspecified atom stereocenters. The van der Waals surface area contributed by atoms with E-state index in [-0.39, 0.29) is 0 Å². The summed E-state index contributed by atoms with van der Waals surface area (Å²) in [5.74, 6) is 4.52. The van der Waals surface area contributed by atoms with Crippen molar-refractivity contribution in [2.45, 2.75) is 85.0 Å². The van der Waals surface area contributed by atoms with Crippen LogP contribution in [0.3, 0.4) is 0 Å². The van der Waals surface area contributed by atoms with Gasteiger partial charge in [-0.05, 0) is 92.8 Å². The predicted molar refractivity (Wildman–Crippen MR) is 103 cm³/mol. The Bertz CT molecular complexity index is 532. The lowest BCUT2D eigenvalue weighted by atomic mass is 9.45. The predicted octanol–water partition coefficient (Wildman–Crippen LogP) is 5.56. The molecule has 4 aliphatic rings. The number of nitrogens with one attached hydrogen (secondary N) is 1. The Morgan fingerprint density at radius 3 is 2.52 bits per heavy atom. The van der Waals surface area contributed by atoms with Crippen molar-refractivity contribution in [2.24, 2.45) is 45.6 Å². The van der Waals surface area contributed by atoms with Crippen LogP contribution in [0, 0.1) is 40.4 Å². The average molecular weight is 347 g/mol. The molecular weight excluding hydrogens is 308 g/mol. The van der Waals surface area contributed by atoms with Crippen molar-refractivity contribution in [3.8, 4) is 0 Å². The minimum Gasteiger partial charge on any atom is -0.300 e. The number of fused-ring (bicyclic) bond motifs is 5. The highest BCUT2D eigenvalue weighted by Gasteiger charge is 2.60. The lowest BCUT2D eigenvalue weighted by Gasteiger charge is -2.60. The quantitative estimate of drug-likeness (QED) is 0.536. The van der Waals surface area contributed by atoms with E-state index in [1.807, 2.05) is 0 Å². The van der Waals surface area contributed by atoms with Crippen LogP contribution in [0.25, 0.3) is 0 Å². The van der Waals surface area contributed by atoms with Crippen molar-refractivity contribution in [1.82, 2.24) is 5.48 Å². The van der Waals surface area contributed by atoms with Crippen LogP contribution in [0.5, 0.6) is 0 Å². The first-order valence-electron chi connectivity index (χ1n) is 10.9. The summed E-state index contributed by atoms with van der Waals surface area (Å²) in [6.07, 6.45) is 14.6. The molecule has 142 valence electrons. The smallest absolute Gasteiger partial charge is 0.0603 e. The fourth-order valence-corrected chi connectivity index (χ4v) is 8.16. The molecule has 4 aliphatic carbocycles. The van der Waals surface area contributed by atoms with Gasteiger partial charge in [-0.2, -0.15) is 0 Å². The fraction of sp³-hybridized carbons (Fsp3) is 0.955. The summed E-state index contributed by atoms with van der Waals surface area (Å²) >= 11 is 0. The molecule has 0 aromatic heterocycles. The lowest BCUT2D eigenvalue weighted by Crippen LogP contribution is -2.53. The molecule has 1 N–H and O–H groups in total. The van der Waals surface area contributed by atoms with Gasteiger partial charge in [-0.25, -0.2) is 0 Å². The Morgan fingerprint density at radius 2 is 1.72 bits per heavy atom. The number of rotatable bonds is 3. The van der Waals surface area contributed by atoms with E-state index in [1.54, 1.807) is 7.05 Å². The SMILES string of the molecule is CNO/N=C(\C)C1CCC2C3CCC4CCCCC4(C)C3CCC12C. The summed E-state index contributed by atoms with van der Waals surface area (Å²) in [5.41, 5.74) is 5.00. The maximum atomic E-state index is 5.16. The third-order valence-corrected chi connectivity index (χ3v) is 9.37. The molecule has 0 radical (unpaired) electrons. The van der Waals surface area contributed by atoms with Gasteiger partial charge in [-0.3, -0.25) is 0 Å². The van der Waals surface area contributed by atoms with E-state index in [2.05, 4.69) is 31.4 Å². The fourth-order valence-electron chi connectivity index (χ4n) is 8.16. The lowest BCUT2D eigenvalue weighted by molar-refractivity contribution is -0.107. The maximum absolute atomic E-state index is 5.16. The Morgan fingerprint density at radius 1 is 0.920 bits per heavy atom. The first-order valence-corrected chi connectivity index (χ1v) is 10.9. The van der Waals surface area contributed by atoms with Gasteiger partial charge in [-0.15, -0.1) is 5.48 Å². The second-order valence-electron chi connectivity index (χ2n) is 10.1. The zero-order valence-electron chi connectivity index (χ0n) is 16.8. The molecule has 0 aromatic rings. The van der Waals surface area contributed by atoms with Gasteiger partial charge < -0.3 is 4.94 Å². The van der Waals surface area contributed by atoms with Crippen LogP contribution in [-0.4, -0.2) is 12.8 Å². The summed E-state index contributed by atoms with van der Waals surface area (Å²) in [6, 6.07) is 0. The largest absolute Gasteiger partial charge is 0.300 e. The molecule has 3 nitrogen and oxygen atoms in total. The Kier molecular flexibility index (Phi) is 4.67. The molecule has 0 aromatic carbocycles. The number of oxime groups is 1. The third-order valence-electron chi connectivity index (χ3n) is 9.37. The van der Waals surface area contributed by atoms with Gasteiger partial charge in [-0.1, -0.05) is 31.8 Å². The normalized spacial score (nSPS) is 49.9. The summed E-state index contributed by atoms with van der Waals surface area (Å²) in [4.78, 5) is 5.16. The number of nitrogens with zero attached hydrogens (tertiary/aromatic N) is 1. The molecule has 0 spiro atoms. The molecule has 4 fully saturated rings. The first kappa shape index (κ1) is 17.8. The summed E-state index contributed by atoms with van der Waals surface area (Å²) in [7, 11) is 1.78. The Balaban J connectivity index is 1.57. The minimum absolute atomic E-state index is 0.448. The standard InChI is InChI=1S/C22H38N2O/c1-15(24-25-23-4)18-10-11-19-17-9-8-16-7-5-6-13-21(16,2)20(17)12-14-22(18,19)3/h16-20,23H,5-14H2,1-4H3/b24-15+. The van der Waals surface area contributed by atoms with Crippen LogP contribution < -0.4 is 5.48 Å². The molecule has 4 saturated carbocycles. The highest BCUT2D eigenvalue weighted by Crippen LogP contribution is 2.67. The van der Waals surface area contributed by atoms with E-state index >= 15 is 0 Å². The molecule has 4 rings (SSSR count). The van der Waals surface area contributed by atoms with Crippen molar-refractivity contribution < 1.29 is 4.94 Å². The van der Waals surface area contributed by atoms with E-state index in [9.17, 15) is 0 Å². The number of hydroxylamine groups is 1. The molecule has 0 amide bonds. The second kappa shape index (κ2) is 6.55. The molecular formula is C22H38N2O. The van der Waals surface area contributed by atoms with Gasteiger partial charge >= 0.3 is 0 Å². The van der Waals surface area contributed by atoms with E-state index < -0.39 is 0 Å². The van der Waals surface area contributed by atoms with Crippen molar-refractivity contribution >= 4 is 5.71 Å². The first-order chi connectivity index (χ1) is 12.0.